The van der Waals surface area contributed by atoms with Gasteiger partial charge in [-0.2, -0.15) is 0 Å². The van der Waals surface area contributed by atoms with Crippen molar-refractivity contribution in [3.63, 3.8) is 0 Å². The topological polar surface area (TPSA) is 49.4 Å². The van der Waals surface area contributed by atoms with Gasteiger partial charge in [0.2, 0.25) is 5.91 Å². The van der Waals surface area contributed by atoms with Crippen molar-refractivity contribution in [1.29, 1.82) is 0 Å². The summed E-state index contributed by atoms with van der Waals surface area (Å²) in [6.07, 6.45) is 10.3. The summed E-state index contributed by atoms with van der Waals surface area (Å²) in [6, 6.07) is 18.1. The first-order valence-corrected chi connectivity index (χ1v) is 12.3. The maximum Gasteiger partial charge on any atom is 0.225 e. The van der Waals surface area contributed by atoms with Gasteiger partial charge in [0.25, 0.3) is 0 Å². The number of anilines is 1. The molecule has 1 N–H and O–H groups in total. The van der Waals surface area contributed by atoms with E-state index in [1.54, 1.807) is 24.4 Å². The largest absolute Gasteiger partial charge is 0.383 e. The normalized spacial score (nSPS) is 29.9. The van der Waals surface area contributed by atoms with Crippen LogP contribution < -0.4 is 5.32 Å². The third-order valence-electron chi connectivity index (χ3n) is 8.34. The van der Waals surface area contributed by atoms with Crippen LogP contribution >= 0.6 is 0 Å². The molecule has 0 atom stereocenters. The number of nitrogens with one attached hydrogen (secondary N) is 1. The molecule has 2 aromatic carbocycles. The molecule has 0 heterocycles. The number of amides is 1. The standard InChI is InChI=1S/C29H34N2O2/c1-31(2)13-12-27(32)22-8-10-26(11-9-22)30-28(33)19-29(23-6-4-3-5-7-23)24-15-20-14-21(17-24)18-25(29)16-20/h3-13,20-21,24-25H,14-19H2,1-2H3,(H,30,33). The Hall–Kier alpha value is -2.88. The molecule has 0 radical (unpaired) electrons. The smallest absolute Gasteiger partial charge is 0.225 e. The summed E-state index contributed by atoms with van der Waals surface area (Å²) in [5, 5.41) is 3.14. The summed E-state index contributed by atoms with van der Waals surface area (Å²) in [5.41, 5.74) is 2.67. The van der Waals surface area contributed by atoms with Crippen LogP contribution in [0.5, 0.6) is 0 Å². The van der Waals surface area contributed by atoms with Gasteiger partial charge in [0.1, 0.15) is 0 Å². The average molecular weight is 443 g/mol. The quantitative estimate of drug-likeness (QED) is 0.444. The third-order valence-corrected chi connectivity index (χ3v) is 8.34. The summed E-state index contributed by atoms with van der Waals surface area (Å²) >= 11 is 0. The molecular formula is C29H34N2O2. The van der Waals surface area contributed by atoms with Gasteiger partial charge < -0.3 is 10.2 Å². The van der Waals surface area contributed by atoms with Crippen molar-refractivity contribution in [3.8, 4) is 0 Å². The molecule has 0 saturated heterocycles. The lowest BCUT2D eigenvalue weighted by Gasteiger charge is -2.61. The summed E-state index contributed by atoms with van der Waals surface area (Å²) in [7, 11) is 3.77. The maximum absolute atomic E-state index is 13.4. The van der Waals surface area contributed by atoms with E-state index >= 15 is 0 Å². The van der Waals surface area contributed by atoms with Gasteiger partial charge >= 0.3 is 0 Å². The van der Waals surface area contributed by atoms with Crippen molar-refractivity contribution in [2.45, 2.75) is 43.9 Å². The van der Waals surface area contributed by atoms with E-state index in [0.717, 1.165) is 17.5 Å². The minimum Gasteiger partial charge on any atom is -0.383 e. The Balaban J connectivity index is 1.34. The molecule has 4 heteroatoms. The number of nitrogens with zero attached hydrogens (tertiary/aromatic N) is 1. The molecule has 6 rings (SSSR count). The van der Waals surface area contributed by atoms with Gasteiger partial charge in [-0.3, -0.25) is 9.59 Å². The first kappa shape index (κ1) is 21.9. The van der Waals surface area contributed by atoms with Crippen molar-refractivity contribution < 1.29 is 9.59 Å². The number of hydrogen-bond acceptors (Lipinski definition) is 3. The summed E-state index contributed by atoms with van der Waals surface area (Å²) in [5.74, 6) is 2.96. The molecule has 4 nitrogen and oxygen atoms in total. The molecule has 0 aliphatic heterocycles. The van der Waals surface area contributed by atoms with Crippen LogP contribution in [0.2, 0.25) is 0 Å². The fraction of sp³-hybridized carbons (Fsp3) is 0.448. The van der Waals surface area contributed by atoms with Crippen LogP contribution in [0, 0.1) is 23.7 Å². The lowest BCUT2D eigenvalue weighted by molar-refractivity contribution is -0.124. The number of carbonyl (C=O) groups is 2. The second-order valence-electron chi connectivity index (χ2n) is 10.7. The number of hydrogen-bond donors (Lipinski definition) is 1. The molecule has 0 unspecified atom stereocenters. The fourth-order valence-electron chi connectivity index (χ4n) is 7.14. The third kappa shape index (κ3) is 4.23. The highest BCUT2D eigenvalue weighted by Gasteiger charge is 2.58. The van der Waals surface area contributed by atoms with E-state index in [2.05, 4.69) is 35.6 Å². The van der Waals surface area contributed by atoms with Crippen molar-refractivity contribution in [2.75, 3.05) is 19.4 Å². The zero-order valence-corrected chi connectivity index (χ0v) is 19.7. The first-order chi connectivity index (χ1) is 15.9. The Labute approximate surface area is 197 Å². The maximum atomic E-state index is 13.4. The van der Waals surface area contributed by atoms with Crippen molar-refractivity contribution >= 4 is 17.4 Å². The Bertz CT molecular complexity index is 1010. The number of carbonyl (C=O) groups excluding carboxylic acids is 2. The lowest BCUT2D eigenvalue weighted by Crippen LogP contribution is -2.56. The zero-order chi connectivity index (χ0) is 23.0. The Morgan fingerprint density at radius 2 is 1.52 bits per heavy atom. The molecule has 172 valence electrons. The van der Waals surface area contributed by atoms with Crippen molar-refractivity contribution in [1.82, 2.24) is 4.90 Å². The molecule has 4 fully saturated rings. The highest BCUT2D eigenvalue weighted by Crippen LogP contribution is 2.64. The number of allylic oxidation sites excluding steroid dienone is 1. The van der Waals surface area contributed by atoms with E-state index < -0.39 is 0 Å². The Morgan fingerprint density at radius 3 is 2.09 bits per heavy atom. The van der Waals surface area contributed by atoms with Crippen LogP contribution in [0.15, 0.2) is 66.9 Å². The van der Waals surface area contributed by atoms with E-state index in [9.17, 15) is 9.59 Å². The molecule has 4 saturated carbocycles. The molecule has 33 heavy (non-hydrogen) atoms. The molecule has 4 aliphatic carbocycles. The molecule has 1 amide bonds. The Morgan fingerprint density at radius 1 is 0.909 bits per heavy atom. The zero-order valence-electron chi connectivity index (χ0n) is 19.7. The van der Waals surface area contributed by atoms with Crippen LogP contribution in [0.25, 0.3) is 0 Å². The van der Waals surface area contributed by atoms with E-state index in [1.165, 1.54) is 37.7 Å². The second kappa shape index (κ2) is 8.81. The van der Waals surface area contributed by atoms with Crippen LogP contribution in [-0.4, -0.2) is 30.7 Å². The molecule has 4 aliphatic rings. The number of rotatable bonds is 7. The van der Waals surface area contributed by atoms with Crippen LogP contribution in [0.4, 0.5) is 5.69 Å². The Kier molecular flexibility index (Phi) is 5.86. The van der Waals surface area contributed by atoms with Gasteiger partial charge in [-0.25, -0.2) is 0 Å². The van der Waals surface area contributed by atoms with Gasteiger partial charge in [0.15, 0.2) is 5.78 Å². The molecule has 0 aromatic heterocycles. The molecule has 0 spiro atoms. The number of ketones is 1. The summed E-state index contributed by atoms with van der Waals surface area (Å²) in [4.78, 5) is 27.5. The van der Waals surface area contributed by atoms with Gasteiger partial charge in [-0.05, 0) is 85.6 Å². The molecule has 2 aromatic rings. The minimum absolute atomic E-state index is 0.0433. The molecular weight excluding hydrogens is 408 g/mol. The SMILES string of the molecule is CN(C)C=CC(=O)c1ccc(NC(=O)CC2(c3ccccc3)C3CC4CC(C3)CC2C4)cc1. The van der Waals surface area contributed by atoms with Crippen LogP contribution in [0.1, 0.15) is 54.4 Å². The van der Waals surface area contributed by atoms with E-state index in [4.69, 9.17) is 0 Å². The van der Waals surface area contributed by atoms with Crippen molar-refractivity contribution in [2.24, 2.45) is 23.7 Å². The predicted molar refractivity (Wildman–Crippen MR) is 132 cm³/mol. The van der Waals surface area contributed by atoms with E-state index in [1.807, 2.05) is 31.1 Å². The van der Waals surface area contributed by atoms with Gasteiger partial charge in [-0.15, -0.1) is 0 Å². The average Bonchev–Trinajstić information content (AvgIpc) is 2.80. The van der Waals surface area contributed by atoms with Gasteiger partial charge in [-0.1, -0.05) is 30.3 Å². The highest BCUT2D eigenvalue weighted by atomic mass is 16.1. The van der Waals surface area contributed by atoms with Gasteiger partial charge in [0, 0.05) is 49.5 Å². The van der Waals surface area contributed by atoms with E-state index in [0.29, 0.717) is 23.8 Å². The predicted octanol–water partition coefficient (Wildman–Crippen LogP) is 5.67. The van der Waals surface area contributed by atoms with Gasteiger partial charge in [0.05, 0.1) is 0 Å². The summed E-state index contributed by atoms with van der Waals surface area (Å²) < 4.78 is 0. The van der Waals surface area contributed by atoms with Crippen LogP contribution in [-0.2, 0) is 10.2 Å². The second-order valence-corrected chi connectivity index (χ2v) is 10.7. The highest BCUT2D eigenvalue weighted by molar-refractivity contribution is 6.04. The van der Waals surface area contributed by atoms with E-state index in [-0.39, 0.29) is 17.1 Å². The summed E-state index contributed by atoms with van der Waals surface area (Å²) in [6.45, 7) is 0. The minimum atomic E-state index is -0.0500. The molecule has 4 bridgehead atoms. The first-order valence-electron chi connectivity index (χ1n) is 12.3. The monoisotopic (exact) mass is 442 g/mol. The number of benzene rings is 2. The lowest BCUT2D eigenvalue weighted by atomic mass is 9.43. The fourth-order valence-corrected chi connectivity index (χ4v) is 7.14. The van der Waals surface area contributed by atoms with Crippen LogP contribution in [0.3, 0.4) is 0 Å². The van der Waals surface area contributed by atoms with Crippen molar-refractivity contribution in [3.05, 3.63) is 78.0 Å².